The van der Waals surface area contributed by atoms with Crippen LogP contribution < -0.4 is 4.74 Å². The summed E-state index contributed by atoms with van der Waals surface area (Å²) in [6.07, 6.45) is 3.46. The number of halogens is 2. The van der Waals surface area contributed by atoms with Crippen LogP contribution in [0.25, 0.3) is 22.6 Å². The van der Waals surface area contributed by atoms with Crippen LogP contribution in [0.3, 0.4) is 0 Å². The quantitative estimate of drug-likeness (QED) is 0.444. The van der Waals surface area contributed by atoms with E-state index in [0.29, 0.717) is 45.0 Å². The highest BCUT2D eigenvalue weighted by Gasteiger charge is 2.41. The minimum absolute atomic E-state index is 0.0896. The Balaban J connectivity index is 1.71. The van der Waals surface area contributed by atoms with Gasteiger partial charge in [0.05, 0.1) is 11.6 Å². The molecule has 1 aliphatic rings. The van der Waals surface area contributed by atoms with Crippen LogP contribution in [0, 0.1) is 0 Å². The third-order valence-corrected chi connectivity index (χ3v) is 5.77. The van der Waals surface area contributed by atoms with Crippen LogP contribution in [0.1, 0.15) is 25.3 Å². The van der Waals surface area contributed by atoms with Gasteiger partial charge in [-0.2, -0.15) is 4.98 Å². The highest BCUT2D eigenvalue weighted by atomic mass is 35.5. The first kappa shape index (κ1) is 19.2. The molecule has 0 amide bonds. The zero-order valence-corrected chi connectivity index (χ0v) is 17.7. The van der Waals surface area contributed by atoms with Crippen molar-refractivity contribution in [1.29, 1.82) is 0 Å². The molecule has 1 saturated carbocycles. The molecule has 0 saturated heterocycles. The van der Waals surface area contributed by atoms with Crippen LogP contribution in [0.2, 0.25) is 10.0 Å². The predicted octanol–water partition coefficient (Wildman–Crippen LogP) is 5.49. The summed E-state index contributed by atoms with van der Waals surface area (Å²) in [4.78, 5) is 13.6. The number of aromatic hydroxyl groups is 1. The highest BCUT2D eigenvalue weighted by molar-refractivity contribution is 6.33. The van der Waals surface area contributed by atoms with E-state index in [0.717, 1.165) is 18.4 Å². The van der Waals surface area contributed by atoms with Crippen molar-refractivity contribution in [2.24, 2.45) is 0 Å². The van der Waals surface area contributed by atoms with E-state index in [-0.39, 0.29) is 11.4 Å². The standard InChI is InChI=1S/C22H18Cl2N4O2/c1-22(7-8-22)30-21-18-20(25-12-26-21)28(11-13-3-2-4-14(23)9-13)19(27-18)16-6-5-15(29)10-17(16)24/h2-6,9-10,12,29H,7-8,11H2,1H3. The lowest BCUT2D eigenvalue weighted by molar-refractivity contribution is 0.194. The molecule has 0 bridgehead atoms. The summed E-state index contributed by atoms with van der Waals surface area (Å²) in [5.41, 5.74) is 2.69. The van der Waals surface area contributed by atoms with Crippen LogP contribution in [-0.2, 0) is 6.54 Å². The van der Waals surface area contributed by atoms with E-state index in [9.17, 15) is 5.11 Å². The SMILES string of the molecule is CC1(Oc2ncnc3c2nc(-c2ccc(O)cc2Cl)n3Cc2cccc(Cl)c2)CC1. The summed E-state index contributed by atoms with van der Waals surface area (Å²) < 4.78 is 8.09. The number of benzene rings is 2. The third kappa shape index (κ3) is 3.57. The molecule has 1 fully saturated rings. The number of aromatic nitrogens is 4. The summed E-state index contributed by atoms with van der Waals surface area (Å²) in [6.45, 7) is 2.54. The predicted molar refractivity (Wildman–Crippen MR) is 116 cm³/mol. The largest absolute Gasteiger partial charge is 0.508 e. The molecule has 6 nitrogen and oxygen atoms in total. The minimum Gasteiger partial charge on any atom is -0.508 e. The Bertz CT molecular complexity index is 1270. The highest BCUT2D eigenvalue weighted by Crippen LogP contribution is 2.41. The fourth-order valence-electron chi connectivity index (χ4n) is 3.36. The summed E-state index contributed by atoms with van der Waals surface area (Å²) in [5, 5.41) is 10.8. The van der Waals surface area contributed by atoms with Gasteiger partial charge in [-0.15, -0.1) is 0 Å². The number of ether oxygens (including phenoxy) is 1. The van der Waals surface area contributed by atoms with Gasteiger partial charge in [-0.3, -0.25) is 0 Å². The van der Waals surface area contributed by atoms with E-state index in [2.05, 4.69) is 16.9 Å². The van der Waals surface area contributed by atoms with Crippen molar-refractivity contribution in [3.05, 3.63) is 64.4 Å². The van der Waals surface area contributed by atoms with Crippen molar-refractivity contribution in [1.82, 2.24) is 19.5 Å². The molecule has 152 valence electrons. The van der Waals surface area contributed by atoms with E-state index < -0.39 is 0 Å². The topological polar surface area (TPSA) is 73.1 Å². The number of nitrogens with zero attached hydrogens (tertiary/aromatic N) is 4. The molecule has 4 aromatic rings. The molecule has 0 aliphatic heterocycles. The summed E-state index contributed by atoms with van der Waals surface area (Å²) >= 11 is 12.6. The van der Waals surface area contributed by atoms with Gasteiger partial charge < -0.3 is 14.4 Å². The van der Waals surface area contributed by atoms with Crippen molar-refractivity contribution >= 4 is 34.4 Å². The summed E-state index contributed by atoms with van der Waals surface area (Å²) in [6, 6.07) is 12.4. The molecule has 2 aromatic carbocycles. The maximum atomic E-state index is 9.77. The Morgan fingerprint density at radius 3 is 2.70 bits per heavy atom. The van der Waals surface area contributed by atoms with Crippen LogP contribution >= 0.6 is 23.2 Å². The average Bonchev–Trinajstić information content (AvgIpc) is 3.31. The molecule has 0 unspecified atom stereocenters. The summed E-state index contributed by atoms with van der Waals surface area (Å²) in [7, 11) is 0. The lowest BCUT2D eigenvalue weighted by Gasteiger charge is -2.12. The van der Waals surface area contributed by atoms with Crippen molar-refractivity contribution in [2.75, 3.05) is 0 Å². The fraction of sp³-hybridized carbons (Fsp3) is 0.227. The fourth-order valence-corrected chi connectivity index (χ4v) is 3.83. The van der Waals surface area contributed by atoms with Gasteiger partial charge in [-0.1, -0.05) is 35.3 Å². The molecule has 30 heavy (non-hydrogen) atoms. The second-order valence-electron chi connectivity index (χ2n) is 7.72. The number of hydrogen-bond acceptors (Lipinski definition) is 5. The molecule has 2 aromatic heterocycles. The maximum Gasteiger partial charge on any atom is 0.245 e. The second-order valence-corrected chi connectivity index (χ2v) is 8.56. The van der Waals surface area contributed by atoms with Gasteiger partial charge in [0.1, 0.15) is 23.5 Å². The molecule has 1 N–H and O–H groups in total. The van der Waals surface area contributed by atoms with E-state index >= 15 is 0 Å². The van der Waals surface area contributed by atoms with Gasteiger partial charge in [0, 0.05) is 10.6 Å². The molecule has 5 rings (SSSR count). The van der Waals surface area contributed by atoms with Gasteiger partial charge in [-0.05, 0) is 55.7 Å². The van der Waals surface area contributed by atoms with Crippen molar-refractivity contribution in [3.8, 4) is 23.0 Å². The van der Waals surface area contributed by atoms with Crippen molar-refractivity contribution in [2.45, 2.75) is 31.9 Å². The van der Waals surface area contributed by atoms with Gasteiger partial charge in [-0.25, -0.2) is 9.97 Å². The maximum absolute atomic E-state index is 9.77. The number of imidazole rings is 1. The first-order chi connectivity index (χ1) is 14.4. The van der Waals surface area contributed by atoms with E-state index in [4.69, 9.17) is 32.9 Å². The van der Waals surface area contributed by atoms with Crippen LogP contribution in [0.5, 0.6) is 11.6 Å². The molecule has 8 heteroatoms. The number of rotatable bonds is 5. The Morgan fingerprint density at radius 2 is 1.97 bits per heavy atom. The Hall–Kier alpha value is -2.83. The van der Waals surface area contributed by atoms with Gasteiger partial charge in [0.15, 0.2) is 11.2 Å². The first-order valence-electron chi connectivity index (χ1n) is 9.55. The normalized spacial score (nSPS) is 14.8. The van der Waals surface area contributed by atoms with Crippen LogP contribution in [-0.4, -0.2) is 30.2 Å². The Kier molecular flexibility index (Phi) is 4.56. The number of phenolic OH excluding ortho intramolecular Hbond substituents is 1. The third-order valence-electron chi connectivity index (χ3n) is 5.22. The molecule has 2 heterocycles. The lowest BCUT2D eigenvalue weighted by atomic mass is 10.2. The molecule has 0 radical (unpaired) electrons. The second kappa shape index (κ2) is 7.15. The van der Waals surface area contributed by atoms with Crippen molar-refractivity contribution in [3.63, 3.8) is 0 Å². The molecular formula is C22H18Cl2N4O2. The monoisotopic (exact) mass is 440 g/mol. The number of phenols is 1. The van der Waals surface area contributed by atoms with E-state index in [1.165, 1.54) is 12.4 Å². The van der Waals surface area contributed by atoms with E-state index in [1.807, 2.05) is 28.8 Å². The average molecular weight is 441 g/mol. The summed E-state index contributed by atoms with van der Waals surface area (Å²) in [5.74, 6) is 1.16. The number of hydrogen-bond donors (Lipinski definition) is 1. The van der Waals surface area contributed by atoms with Crippen LogP contribution in [0.4, 0.5) is 0 Å². The van der Waals surface area contributed by atoms with Gasteiger partial charge in [0.25, 0.3) is 0 Å². The molecule has 1 aliphatic carbocycles. The minimum atomic E-state index is -0.200. The van der Waals surface area contributed by atoms with Crippen molar-refractivity contribution < 1.29 is 9.84 Å². The molecule has 0 spiro atoms. The Morgan fingerprint density at radius 1 is 1.13 bits per heavy atom. The Labute approximate surface area is 183 Å². The van der Waals surface area contributed by atoms with Gasteiger partial charge in [0.2, 0.25) is 5.88 Å². The molecular weight excluding hydrogens is 423 g/mol. The first-order valence-corrected chi connectivity index (χ1v) is 10.3. The zero-order chi connectivity index (χ0) is 20.9. The number of fused-ring (bicyclic) bond motifs is 1. The van der Waals surface area contributed by atoms with Crippen LogP contribution in [0.15, 0.2) is 48.8 Å². The smallest absolute Gasteiger partial charge is 0.245 e. The lowest BCUT2D eigenvalue weighted by Crippen LogP contribution is -2.13. The van der Waals surface area contributed by atoms with E-state index in [1.54, 1.807) is 12.1 Å². The van der Waals surface area contributed by atoms with Gasteiger partial charge >= 0.3 is 0 Å². The zero-order valence-electron chi connectivity index (χ0n) is 16.1. The molecule has 0 atom stereocenters.